The summed E-state index contributed by atoms with van der Waals surface area (Å²) in [7, 11) is -4.13. The van der Waals surface area contributed by atoms with Crippen molar-refractivity contribution in [3.63, 3.8) is 0 Å². The van der Waals surface area contributed by atoms with Crippen LogP contribution in [0.25, 0.3) is 0 Å². The molecule has 0 radical (unpaired) electrons. The van der Waals surface area contributed by atoms with Crippen LogP contribution in [0.15, 0.2) is 44.6 Å². The third-order valence-corrected chi connectivity index (χ3v) is 6.48. The Morgan fingerprint density at radius 2 is 1.85 bits per heavy atom. The quantitative estimate of drug-likeness (QED) is 0.672. The highest BCUT2D eigenvalue weighted by molar-refractivity contribution is 9.11. The largest absolute Gasteiger partial charge is 0.393 e. The van der Waals surface area contributed by atoms with Crippen LogP contribution in [0, 0.1) is 5.92 Å². The fourth-order valence-corrected chi connectivity index (χ4v) is 4.99. The number of nitrogens with one attached hydrogen (secondary N) is 1. The number of imidazole rings is 1. The van der Waals surface area contributed by atoms with Crippen LogP contribution in [-0.2, 0) is 10.0 Å². The number of halogens is 5. The third kappa shape index (κ3) is 3.67. The minimum absolute atomic E-state index is 0.00313. The molecular formula is C14H10Br2F3N3O3S. The molecule has 12 heteroatoms. The van der Waals surface area contributed by atoms with Crippen LogP contribution in [-0.4, -0.2) is 30.1 Å². The molecule has 1 aromatic heterocycles. The number of nitrogens with zero attached hydrogens (tertiary/aromatic N) is 2. The first-order valence-corrected chi connectivity index (χ1v) is 10.2. The fraction of sp³-hybridized carbons (Fsp3) is 0.286. The van der Waals surface area contributed by atoms with Crippen molar-refractivity contribution < 1.29 is 26.4 Å². The first-order valence-electron chi connectivity index (χ1n) is 7.14. The van der Waals surface area contributed by atoms with Gasteiger partial charge in [0.15, 0.2) is 10.4 Å². The highest BCUT2D eigenvalue weighted by Crippen LogP contribution is 2.55. The van der Waals surface area contributed by atoms with Crippen LogP contribution in [0.2, 0.25) is 0 Å². The normalized spacial score (nSPS) is 20.0. The standard InChI is InChI=1S/C14H10Br2F3N3O3S/c15-11-10(12(23)21-26(24,25)7-4-2-1-3-5-7)20-13(16)22(11)9-6-8(9)14(17,18)19/h1-5,8-9H,6H2,(H,21,23). The fourth-order valence-electron chi connectivity index (χ4n) is 2.46. The second-order valence-electron chi connectivity index (χ2n) is 5.59. The van der Waals surface area contributed by atoms with E-state index in [4.69, 9.17) is 0 Å². The molecule has 1 amide bonds. The number of hydrogen-bond acceptors (Lipinski definition) is 4. The number of amides is 1. The number of hydrogen-bond donors (Lipinski definition) is 1. The molecule has 140 valence electrons. The Labute approximate surface area is 163 Å². The number of sulfonamides is 1. The van der Waals surface area contributed by atoms with Gasteiger partial charge in [-0.3, -0.25) is 4.79 Å². The highest BCUT2D eigenvalue weighted by atomic mass is 79.9. The van der Waals surface area contributed by atoms with E-state index in [2.05, 4.69) is 36.8 Å². The smallest absolute Gasteiger partial charge is 0.309 e. The molecule has 2 aromatic rings. The van der Waals surface area contributed by atoms with Gasteiger partial charge in [0, 0.05) is 6.04 Å². The van der Waals surface area contributed by atoms with Gasteiger partial charge in [0.1, 0.15) is 4.60 Å². The van der Waals surface area contributed by atoms with Gasteiger partial charge < -0.3 is 4.57 Å². The number of rotatable bonds is 4. The van der Waals surface area contributed by atoms with Gasteiger partial charge in [-0.2, -0.15) is 13.2 Å². The van der Waals surface area contributed by atoms with Gasteiger partial charge in [-0.25, -0.2) is 18.1 Å². The SMILES string of the molecule is O=C(NS(=O)(=O)c1ccccc1)c1nc(Br)n(C2CC2C(F)(F)F)c1Br. The second-order valence-corrected chi connectivity index (χ2v) is 8.73. The predicted octanol–water partition coefficient (Wildman–Crippen LogP) is 3.65. The monoisotopic (exact) mass is 515 g/mol. The van der Waals surface area contributed by atoms with E-state index >= 15 is 0 Å². The summed E-state index contributed by atoms with van der Waals surface area (Å²) in [4.78, 5) is 16.0. The van der Waals surface area contributed by atoms with Gasteiger partial charge in [-0.15, -0.1) is 0 Å². The predicted molar refractivity (Wildman–Crippen MR) is 91.9 cm³/mol. The Hall–Kier alpha value is -1.40. The molecule has 2 unspecified atom stereocenters. The van der Waals surface area contributed by atoms with Crippen molar-refractivity contribution in [3.8, 4) is 0 Å². The lowest BCUT2D eigenvalue weighted by molar-refractivity contribution is -0.150. The molecule has 0 spiro atoms. The van der Waals surface area contributed by atoms with Crippen LogP contribution in [0.1, 0.15) is 23.0 Å². The van der Waals surface area contributed by atoms with E-state index in [-0.39, 0.29) is 26.3 Å². The van der Waals surface area contributed by atoms with Crippen molar-refractivity contribution in [2.24, 2.45) is 5.92 Å². The Morgan fingerprint density at radius 1 is 1.23 bits per heavy atom. The van der Waals surface area contributed by atoms with E-state index in [1.807, 2.05) is 4.72 Å². The summed E-state index contributed by atoms with van der Waals surface area (Å²) in [5, 5.41) is 0. The molecule has 2 atom stereocenters. The zero-order chi connectivity index (χ0) is 19.3. The van der Waals surface area contributed by atoms with Crippen LogP contribution >= 0.6 is 31.9 Å². The summed E-state index contributed by atoms with van der Waals surface area (Å²) >= 11 is 6.07. The van der Waals surface area contributed by atoms with E-state index in [0.717, 1.165) is 0 Å². The molecule has 1 aliphatic rings. The number of carbonyl (C=O) groups is 1. The summed E-state index contributed by atoms with van der Waals surface area (Å²) in [6.45, 7) is 0. The van der Waals surface area contributed by atoms with Crippen molar-refractivity contribution in [2.75, 3.05) is 0 Å². The molecule has 1 aliphatic carbocycles. The lowest BCUT2D eigenvalue weighted by Gasteiger charge is -2.08. The molecule has 3 rings (SSSR count). The third-order valence-electron chi connectivity index (χ3n) is 3.81. The van der Waals surface area contributed by atoms with Crippen LogP contribution < -0.4 is 4.72 Å². The maximum Gasteiger partial charge on any atom is 0.393 e. The van der Waals surface area contributed by atoms with E-state index in [9.17, 15) is 26.4 Å². The molecule has 0 bridgehead atoms. The van der Waals surface area contributed by atoms with Gasteiger partial charge >= 0.3 is 6.18 Å². The van der Waals surface area contributed by atoms with Crippen LogP contribution in [0.5, 0.6) is 0 Å². The highest BCUT2D eigenvalue weighted by Gasteiger charge is 2.57. The van der Waals surface area contributed by atoms with Gasteiger partial charge in [0.05, 0.1) is 10.8 Å². The molecule has 1 fully saturated rings. The summed E-state index contributed by atoms with van der Waals surface area (Å²) in [6, 6.07) is 6.30. The number of benzene rings is 1. The van der Waals surface area contributed by atoms with Crippen molar-refractivity contribution in [2.45, 2.75) is 23.5 Å². The Bertz CT molecular complexity index is 961. The molecule has 0 saturated heterocycles. The first kappa shape index (κ1) is 19.4. The minimum Gasteiger partial charge on any atom is -0.309 e. The lowest BCUT2D eigenvalue weighted by atomic mass is 10.4. The van der Waals surface area contributed by atoms with Crippen LogP contribution in [0.4, 0.5) is 13.2 Å². The van der Waals surface area contributed by atoms with Gasteiger partial charge in [-0.05, 0) is 50.4 Å². The van der Waals surface area contributed by atoms with Gasteiger partial charge in [-0.1, -0.05) is 18.2 Å². The Kier molecular flexibility index (Phi) is 4.95. The summed E-state index contributed by atoms with van der Waals surface area (Å²) in [6.07, 6.45) is -4.49. The lowest BCUT2D eigenvalue weighted by Crippen LogP contribution is -2.31. The van der Waals surface area contributed by atoms with E-state index in [0.29, 0.717) is 0 Å². The summed E-state index contributed by atoms with van der Waals surface area (Å²) < 4.78 is 65.8. The topological polar surface area (TPSA) is 81.1 Å². The summed E-state index contributed by atoms with van der Waals surface area (Å²) in [5.41, 5.74) is -0.329. The average Bonchev–Trinajstić information content (AvgIpc) is 3.28. The van der Waals surface area contributed by atoms with Crippen molar-refractivity contribution in [3.05, 3.63) is 45.4 Å². The molecular weight excluding hydrogens is 507 g/mol. The molecule has 1 aromatic carbocycles. The van der Waals surface area contributed by atoms with Crippen molar-refractivity contribution >= 4 is 47.8 Å². The van der Waals surface area contributed by atoms with Crippen molar-refractivity contribution in [1.82, 2.24) is 14.3 Å². The molecule has 1 saturated carbocycles. The zero-order valence-electron chi connectivity index (χ0n) is 12.7. The van der Waals surface area contributed by atoms with E-state index in [1.165, 1.54) is 28.8 Å². The second kappa shape index (κ2) is 6.64. The molecule has 6 nitrogen and oxygen atoms in total. The van der Waals surface area contributed by atoms with Crippen LogP contribution in [0.3, 0.4) is 0 Å². The maximum atomic E-state index is 12.8. The summed E-state index contributed by atoms with van der Waals surface area (Å²) in [5.74, 6) is -2.59. The molecule has 1 N–H and O–H groups in total. The minimum atomic E-state index is -4.35. The van der Waals surface area contributed by atoms with E-state index in [1.54, 1.807) is 6.07 Å². The molecule has 0 aliphatic heterocycles. The zero-order valence-corrected chi connectivity index (χ0v) is 16.7. The van der Waals surface area contributed by atoms with Gasteiger partial charge in [0.2, 0.25) is 0 Å². The molecule has 26 heavy (non-hydrogen) atoms. The van der Waals surface area contributed by atoms with E-state index < -0.39 is 34.1 Å². The van der Waals surface area contributed by atoms with Crippen molar-refractivity contribution in [1.29, 1.82) is 0 Å². The van der Waals surface area contributed by atoms with Gasteiger partial charge in [0.25, 0.3) is 15.9 Å². The first-order chi connectivity index (χ1) is 12.0. The molecule has 1 heterocycles. The number of carbonyl (C=O) groups excluding carboxylic acids is 1. The number of alkyl halides is 3. The maximum absolute atomic E-state index is 12.8. The average molecular weight is 517 g/mol. The number of aromatic nitrogens is 2. The Morgan fingerprint density at radius 3 is 2.38 bits per heavy atom. The Balaban J connectivity index is 1.85.